The van der Waals surface area contributed by atoms with Crippen molar-refractivity contribution < 1.29 is 9.78 Å². The maximum Gasteiger partial charge on any atom is 0.510 e. The fraction of sp³-hybridized carbons (Fsp3) is 0. The van der Waals surface area contributed by atoms with Gasteiger partial charge in [-0.1, -0.05) is 0 Å². The Bertz CT molecular complexity index is 65.2. The lowest BCUT2D eigenvalue weighted by molar-refractivity contribution is 0.295. The summed E-state index contributed by atoms with van der Waals surface area (Å²) in [6.45, 7) is 0. The first kappa shape index (κ1) is 5.13. The third-order valence-corrected chi connectivity index (χ3v) is 0.152. The molecule has 1 N–H and O–H groups in total. The SMILES string of the molecule is [N-]=[N+]=NOBO. The minimum absolute atomic E-state index is 0.565. The maximum atomic E-state index is 7.71. The monoisotopic (exact) mass is 87.0 g/mol. The Balaban J connectivity index is 2.86. The van der Waals surface area contributed by atoms with Crippen molar-refractivity contribution in [2.45, 2.75) is 0 Å². The number of hydrogen-bond donors (Lipinski definition) is 1. The van der Waals surface area contributed by atoms with Gasteiger partial charge in [-0.05, 0) is 5.53 Å². The second-order valence-electron chi connectivity index (χ2n) is 0.429. The Morgan fingerprint density at radius 2 is 2.67 bits per heavy atom. The van der Waals surface area contributed by atoms with Crippen LogP contribution in [-0.2, 0) is 4.76 Å². The summed E-state index contributed by atoms with van der Waals surface area (Å²) in [6, 6.07) is 0. The van der Waals surface area contributed by atoms with E-state index >= 15 is 0 Å². The predicted molar refractivity (Wildman–Crippen MR) is 19.6 cm³/mol. The maximum absolute atomic E-state index is 7.71. The quantitative estimate of drug-likeness (QED) is 0.162. The lowest BCUT2D eigenvalue weighted by atomic mass is 10.4. The van der Waals surface area contributed by atoms with Crippen LogP contribution in [0.1, 0.15) is 0 Å². The van der Waals surface area contributed by atoms with Gasteiger partial charge in [0.15, 0.2) is 0 Å². The third kappa shape index (κ3) is 3.13. The Labute approximate surface area is 34.4 Å². The van der Waals surface area contributed by atoms with Gasteiger partial charge in [-0.2, -0.15) is 0 Å². The average Bonchev–Trinajstić information content (AvgIpc) is 1.61. The molecule has 0 heterocycles. The van der Waals surface area contributed by atoms with Crippen LogP contribution in [-0.4, -0.2) is 12.7 Å². The highest BCUT2D eigenvalue weighted by atomic mass is 16.6. The van der Waals surface area contributed by atoms with Gasteiger partial charge in [0.05, 0.1) is 5.28 Å². The molecule has 0 unspecified atom stereocenters. The van der Waals surface area contributed by atoms with Crippen molar-refractivity contribution in [2.75, 3.05) is 0 Å². The highest BCUT2D eigenvalue weighted by molar-refractivity contribution is 6.15. The van der Waals surface area contributed by atoms with Crippen molar-refractivity contribution in [3.8, 4) is 0 Å². The molecule has 0 atom stereocenters. The molecule has 0 aromatic rings. The summed E-state index contributed by atoms with van der Waals surface area (Å²) in [5.74, 6) is 0. The molecule has 32 valence electrons. The first-order chi connectivity index (χ1) is 2.91. The van der Waals surface area contributed by atoms with Crippen LogP contribution in [0.25, 0.3) is 10.4 Å². The molecule has 0 aliphatic heterocycles. The fourth-order valence-electron chi connectivity index (χ4n) is 0.0516. The minimum Gasteiger partial charge on any atom is -0.478 e. The van der Waals surface area contributed by atoms with E-state index in [4.69, 9.17) is 10.6 Å². The molecule has 6 heavy (non-hydrogen) atoms. The minimum atomic E-state index is -0.565. The van der Waals surface area contributed by atoms with E-state index in [1.54, 1.807) is 0 Å². The molecule has 0 amide bonds. The molecule has 0 aromatic heterocycles. The fourth-order valence-corrected chi connectivity index (χ4v) is 0.0516. The second kappa shape index (κ2) is 4.13. The Kier molecular flexibility index (Phi) is 3.54. The molecule has 0 radical (unpaired) electrons. The number of azide groups is 1. The summed E-state index contributed by atoms with van der Waals surface area (Å²) in [7, 11) is -0.565. The molecule has 6 heteroatoms. The van der Waals surface area contributed by atoms with Gasteiger partial charge in [0.1, 0.15) is 0 Å². The topological polar surface area (TPSA) is 78.2 Å². The van der Waals surface area contributed by atoms with Crippen LogP contribution >= 0.6 is 0 Å². The van der Waals surface area contributed by atoms with Crippen molar-refractivity contribution in [3.63, 3.8) is 0 Å². The second-order valence-corrected chi connectivity index (χ2v) is 0.429. The van der Waals surface area contributed by atoms with Crippen LogP contribution in [0, 0.1) is 0 Å². The van der Waals surface area contributed by atoms with E-state index in [1.807, 2.05) is 0 Å². The lowest BCUT2D eigenvalue weighted by Gasteiger charge is -1.77. The average molecular weight is 86.8 g/mol. The van der Waals surface area contributed by atoms with E-state index in [0.29, 0.717) is 0 Å². The third-order valence-electron chi connectivity index (χ3n) is 0.152. The zero-order chi connectivity index (χ0) is 4.83. The Hall–Kier alpha value is -0.865. The zero-order valence-electron chi connectivity index (χ0n) is 2.90. The molecular formula is H2BN3O2. The molecular weight excluding hydrogens is 84.8 g/mol. The normalized spacial score (nSPS) is 5.50. The smallest absolute Gasteiger partial charge is 0.478 e. The van der Waals surface area contributed by atoms with Gasteiger partial charge in [0, 0.05) is 4.91 Å². The highest BCUT2D eigenvalue weighted by Crippen LogP contribution is 1.65. The van der Waals surface area contributed by atoms with E-state index in [-0.39, 0.29) is 0 Å². The van der Waals surface area contributed by atoms with E-state index in [9.17, 15) is 0 Å². The molecule has 0 aliphatic carbocycles. The van der Waals surface area contributed by atoms with Crippen LogP contribution in [0.2, 0.25) is 0 Å². The summed E-state index contributed by atoms with van der Waals surface area (Å²) < 4.78 is 3.75. The van der Waals surface area contributed by atoms with Gasteiger partial charge < -0.3 is 9.78 Å². The van der Waals surface area contributed by atoms with Crippen LogP contribution in [0.15, 0.2) is 5.28 Å². The van der Waals surface area contributed by atoms with Gasteiger partial charge in [-0.15, -0.1) is 0 Å². The molecule has 0 spiro atoms. The summed E-state index contributed by atoms with van der Waals surface area (Å²) >= 11 is 0. The van der Waals surface area contributed by atoms with Crippen molar-refractivity contribution in [1.29, 1.82) is 0 Å². The van der Waals surface area contributed by atoms with Crippen molar-refractivity contribution in [3.05, 3.63) is 10.4 Å². The van der Waals surface area contributed by atoms with E-state index in [0.717, 1.165) is 0 Å². The Morgan fingerprint density at radius 3 is 2.83 bits per heavy atom. The van der Waals surface area contributed by atoms with Gasteiger partial charge in [0.25, 0.3) is 0 Å². The molecule has 0 bridgehead atoms. The lowest BCUT2D eigenvalue weighted by Crippen LogP contribution is -1.85. The van der Waals surface area contributed by atoms with Crippen LogP contribution in [0.4, 0.5) is 0 Å². The first-order valence-corrected chi connectivity index (χ1v) is 1.19. The first-order valence-electron chi connectivity index (χ1n) is 1.19. The molecule has 0 aliphatic rings. The van der Waals surface area contributed by atoms with Crippen LogP contribution in [0.5, 0.6) is 0 Å². The Morgan fingerprint density at radius 1 is 2.00 bits per heavy atom. The molecule has 0 fully saturated rings. The predicted octanol–water partition coefficient (Wildman–Crippen LogP) is -0.513. The van der Waals surface area contributed by atoms with E-state index < -0.39 is 7.69 Å². The van der Waals surface area contributed by atoms with Crippen LogP contribution < -0.4 is 0 Å². The van der Waals surface area contributed by atoms with E-state index in [2.05, 4.69) is 14.9 Å². The summed E-state index contributed by atoms with van der Waals surface area (Å²) in [5.41, 5.74) is 7.42. The molecule has 0 aromatic carbocycles. The van der Waals surface area contributed by atoms with Crippen LogP contribution in [0.3, 0.4) is 0 Å². The number of nitrogens with zero attached hydrogens (tertiary/aromatic N) is 3. The van der Waals surface area contributed by atoms with Gasteiger partial charge >= 0.3 is 7.69 Å². The van der Waals surface area contributed by atoms with Crippen molar-refractivity contribution in [2.24, 2.45) is 5.28 Å². The molecule has 5 nitrogen and oxygen atoms in total. The molecule has 0 saturated heterocycles. The standard InChI is InChI=1S/BH2N3O2/c2-3-4-6-1-5/h1,5H. The van der Waals surface area contributed by atoms with Crippen molar-refractivity contribution >= 4 is 7.69 Å². The summed E-state index contributed by atoms with van der Waals surface area (Å²) in [6.07, 6.45) is 0. The largest absolute Gasteiger partial charge is 0.510 e. The zero-order valence-corrected chi connectivity index (χ0v) is 2.90. The van der Waals surface area contributed by atoms with Gasteiger partial charge in [-0.25, -0.2) is 0 Å². The molecule has 0 saturated carbocycles. The summed E-state index contributed by atoms with van der Waals surface area (Å²) in [4.78, 5) is 2.17. The van der Waals surface area contributed by atoms with Gasteiger partial charge in [-0.3, -0.25) is 0 Å². The molecule has 0 rings (SSSR count). The van der Waals surface area contributed by atoms with Gasteiger partial charge in [0.2, 0.25) is 0 Å². The summed E-state index contributed by atoms with van der Waals surface area (Å²) in [5, 5.41) is 10.2. The highest BCUT2D eigenvalue weighted by Gasteiger charge is 1.71. The van der Waals surface area contributed by atoms with E-state index in [1.165, 1.54) is 0 Å². The number of hydrogen-bond acceptors (Lipinski definition) is 3. The number of rotatable bonds is 2. The van der Waals surface area contributed by atoms with Crippen molar-refractivity contribution in [1.82, 2.24) is 0 Å².